The minimum Gasteiger partial charge on any atom is -0.314 e. The zero-order valence-electron chi connectivity index (χ0n) is 12.5. The van der Waals surface area contributed by atoms with Gasteiger partial charge in [-0.25, -0.2) is 0 Å². The summed E-state index contributed by atoms with van der Waals surface area (Å²) in [7, 11) is 0. The van der Waals surface area contributed by atoms with E-state index in [2.05, 4.69) is 66.3 Å². The fourth-order valence-corrected chi connectivity index (χ4v) is 3.62. The van der Waals surface area contributed by atoms with Gasteiger partial charge < -0.3 is 5.32 Å². The van der Waals surface area contributed by atoms with E-state index < -0.39 is 0 Å². The number of benzene rings is 1. The zero-order chi connectivity index (χ0) is 14.2. The lowest BCUT2D eigenvalue weighted by Crippen LogP contribution is -2.35. The highest BCUT2D eigenvalue weighted by Gasteiger charge is 2.20. The third kappa shape index (κ3) is 4.19. The summed E-state index contributed by atoms with van der Waals surface area (Å²) in [6, 6.07) is 13.7. The topological polar surface area (TPSA) is 12.0 Å². The SMILES string of the molecule is CCNC(CCc1ccsc1)C(CC)c1ccccc1. The lowest BCUT2D eigenvalue weighted by atomic mass is 9.86. The first-order valence-electron chi connectivity index (χ1n) is 7.64. The Kier molecular flexibility index (Phi) is 6.28. The van der Waals surface area contributed by atoms with Crippen LogP contribution in [0.5, 0.6) is 0 Å². The predicted molar refractivity (Wildman–Crippen MR) is 89.6 cm³/mol. The highest BCUT2D eigenvalue weighted by atomic mass is 32.1. The van der Waals surface area contributed by atoms with E-state index >= 15 is 0 Å². The molecule has 0 radical (unpaired) electrons. The molecular formula is C18H25NS. The van der Waals surface area contributed by atoms with Crippen LogP contribution in [-0.4, -0.2) is 12.6 Å². The monoisotopic (exact) mass is 287 g/mol. The van der Waals surface area contributed by atoms with Gasteiger partial charge >= 0.3 is 0 Å². The summed E-state index contributed by atoms with van der Waals surface area (Å²) in [6.07, 6.45) is 3.56. The molecule has 0 spiro atoms. The lowest BCUT2D eigenvalue weighted by molar-refractivity contribution is 0.407. The molecule has 0 amide bonds. The Labute approximate surface area is 127 Å². The number of hydrogen-bond acceptors (Lipinski definition) is 2. The molecule has 2 unspecified atom stereocenters. The highest BCUT2D eigenvalue weighted by Crippen LogP contribution is 2.26. The van der Waals surface area contributed by atoms with Crippen molar-refractivity contribution in [2.75, 3.05) is 6.54 Å². The Balaban J connectivity index is 2.05. The molecular weight excluding hydrogens is 262 g/mol. The highest BCUT2D eigenvalue weighted by molar-refractivity contribution is 7.07. The van der Waals surface area contributed by atoms with E-state index in [4.69, 9.17) is 0 Å². The van der Waals surface area contributed by atoms with Crippen LogP contribution in [0.4, 0.5) is 0 Å². The molecule has 20 heavy (non-hydrogen) atoms. The van der Waals surface area contributed by atoms with E-state index in [1.807, 2.05) is 0 Å². The molecule has 2 rings (SSSR count). The number of likely N-dealkylation sites (N-methyl/N-ethyl adjacent to an activating group) is 1. The van der Waals surface area contributed by atoms with Crippen LogP contribution in [0.2, 0.25) is 0 Å². The molecule has 2 atom stereocenters. The third-order valence-corrected chi connectivity index (χ3v) is 4.68. The molecule has 0 aliphatic carbocycles. The molecule has 1 nitrogen and oxygen atoms in total. The van der Waals surface area contributed by atoms with Crippen LogP contribution >= 0.6 is 11.3 Å². The first-order valence-corrected chi connectivity index (χ1v) is 8.58. The standard InChI is InChI=1S/C18H25NS/c1-3-17(16-8-6-5-7-9-16)18(19-4-2)11-10-15-12-13-20-14-15/h5-9,12-14,17-19H,3-4,10-11H2,1-2H3. The van der Waals surface area contributed by atoms with Gasteiger partial charge in [-0.1, -0.05) is 44.2 Å². The van der Waals surface area contributed by atoms with E-state index in [9.17, 15) is 0 Å². The van der Waals surface area contributed by atoms with Gasteiger partial charge in [0.05, 0.1) is 0 Å². The van der Waals surface area contributed by atoms with Gasteiger partial charge in [-0.3, -0.25) is 0 Å². The van der Waals surface area contributed by atoms with Crippen LogP contribution in [0.3, 0.4) is 0 Å². The van der Waals surface area contributed by atoms with Crippen LogP contribution in [0.15, 0.2) is 47.2 Å². The van der Waals surface area contributed by atoms with Gasteiger partial charge in [0.15, 0.2) is 0 Å². The van der Waals surface area contributed by atoms with Crippen molar-refractivity contribution in [3.8, 4) is 0 Å². The molecule has 0 fully saturated rings. The summed E-state index contributed by atoms with van der Waals surface area (Å²) in [5.41, 5.74) is 2.94. The first-order chi connectivity index (χ1) is 9.85. The number of thiophene rings is 1. The van der Waals surface area contributed by atoms with Crippen molar-refractivity contribution in [2.45, 2.75) is 45.1 Å². The number of rotatable bonds is 8. The number of nitrogens with one attached hydrogen (secondary N) is 1. The molecule has 108 valence electrons. The van der Waals surface area contributed by atoms with Gasteiger partial charge in [-0.15, -0.1) is 0 Å². The Morgan fingerprint density at radius 1 is 1.10 bits per heavy atom. The van der Waals surface area contributed by atoms with Crippen LogP contribution in [0.25, 0.3) is 0 Å². The zero-order valence-corrected chi connectivity index (χ0v) is 13.3. The molecule has 0 aliphatic heterocycles. The second kappa shape index (κ2) is 8.23. The van der Waals surface area contributed by atoms with Crippen molar-refractivity contribution in [3.63, 3.8) is 0 Å². The molecule has 1 heterocycles. The van der Waals surface area contributed by atoms with Crippen LogP contribution in [-0.2, 0) is 6.42 Å². The molecule has 1 aromatic carbocycles. The average Bonchev–Trinajstić information content (AvgIpc) is 3.00. The van der Waals surface area contributed by atoms with Crippen LogP contribution < -0.4 is 5.32 Å². The predicted octanol–water partition coefficient (Wildman–Crippen LogP) is 4.85. The molecule has 0 saturated heterocycles. The van der Waals surface area contributed by atoms with Crippen molar-refractivity contribution < 1.29 is 0 Å². The van der Waals surface area contributed by atoms with Gasteiger partial charge in [-0.2, -0.15) is 11.3 Å². The minimum atomic E-state index is 0.562. The fraction of sp³-hybridized carbons (Fsp3) is 0.444. The van der Waals surface area contributed by atoms with E-state index in [1.165, 1.54) is 30.4 Å². The van der Waals surface area contributed by atoms with Crippen molar-refractivity contribution in [3.05, 3.63) is 58.3 Å². The fourth-order valence-electron chi connectivity index (χ4n) is 2.92. The van der Waals surface area contributed by atoms with E-state index in [0.29, 0.717) is 12.0 Å². The molecule has 1 N–H and O–H groups in total. The van der Waals surface area contributed by atoms with E-state index in [0.717, 1.165) is 6.54 Å². The van der Waals surface area contributed by atoms with Gasteiger partial charge in [-0.05, 0) is 59.7 Å². The van der Waals surface area contributed by atoms with Gasteiger partial charge in [0.25, 0.3) is 0 Å². The Hall–Kier alpha value is -1.12. The van der Waals surface area contributed by atoms with Gasteiger partial charge in [0.2, 0.25) is 0 Å². The summed E-state index contributed by atoms with van der Waals surface area (Å²) in [6.45, 7) is 5.54. The second-order valence-corrected chi connectivity index (χ2v) is 6.04. The first kappa shape index (κ1) is 15.3. The molecule has 0 aliphatic rings. The smallest absolute Gasteiger partial charge is 0.0139 e. The number of aryl methyl sites for hydroxylation is 1. The summed E-state index contributed by atoms with van der Waals surface area (Å²) in [5.74, 6) is 0.606. The lowest BCUT2D eigenvalue weighted by Gasteiger charge is -2.27. The Morgan fingerprint density at radius 2 is 1.90 bits per heavy atom. The van der Waals surface area contributed by atoms with Crippen molar-refractivity contribution in [1.29, 1.82) is 0 Å². The number of hydrogen-bond donors (Lipinski definition) is 1. The second-order valence-electron chi connectivity index (χ2n) is 5.26. The third-order valence-electron chi connectivity index (χ3n) is 3.94. The summed E-state index contributed by atoms with van der Waals surface area (Å²) >= 11 is 1.79. The minimum absolute atomic E-state index is 0.562. The Bertz CT molecular complexity index is 463. The maximum Gasteiger partial charge on any atom is 0.0139 e. The molecule has 2 aromatic rings. The van der Waals surface area contributed by atoms with E-state index in [-0.39, 0.29) is 0 Å². The molecule has 0 bridgehead atoms. The van der Waals surface area contributed by atoms with Crippen LogP contribution in [0, 0.1) is 0 Å². The largest absolute Gasteiger partial charge is 0.314 e. The molecule has 2 heteroatoms. The summed E-state index contributed by atoms with van der Waals surface area (Å²) in [4.78, 5) is 0. The van der Waals surface area contributed by atoms with Gasteiger partial charge in [0.1, 0.15) is 0 Å². The van der Waals surface area contributed by atoms with Gasteiger partial charge in [0, 0.05) is 6.04 Å². The molecule has 0 saturated carbocycles. The average molecular weight is 287 g/mol. The van der Waals surface area contributed by atoms with Crippen LogP contribution in [0.1, 0.15) is 43.7 Å². The summed E-state index contributed by atoms with van der Waals surface area (Å²) in [5, 5.41) is 8.14. The maximum atomic E-state index is 3.70. The van der Waals surface area contributed by atoms with E-state index in [1.54, 1.807) is 11.3 Å². The van der Waals surface area contributed by atoms with Crippen molar-refractivity contribution >= 4 is 11.3 Å². The van der Waals surface area contributed by atoms with Crippen molar-refractivity contribution in [2.24, 2.45) is 0 Å². The molecule has 1 aromatic heterocycles. The quantitative estimate of drug-likeness (QED) is 0.731. The maximum absolute atomic E-state index is 3.70. The van der Waals surface area contributed by atoms with Crippen molar-refractivity contribution in [1.82, 2.24) is 5.32 Å². The Morgan fingerprint density at radius 3 is 2.50 bits per heavy atom. The summed E-state index contributed by atoms with van der Waals surface area (Å²) < 4.78 is 0. The normalized spacial score (nSPS) is 14.1.